The highest BCUT2D eigenvalue weighted by molar-refractivity contribution is 5.30. The number of benzene rings is 2. The van der Waals surface area contributed by atoms with E-state index in [0.717, 1.165) is 32.7 Å². The maximum atomic E-state index is 6.37. The van der Waals surface area contributed by atoms with Crippen molar-refractivity contribution < 1.29 is 0 Å². The Hall–Kier alpha value is -1.68. The van der Waals surface area contributed by atoms with Gasteiger partial charge in [0.1, 0.15) is 0 Å². The Balaban J connectivity index is 1.65. The fourth-order valence-corrected chi connectivity index (χ4v) is 3.77. The summed E-state index contributed by atoms with van der Waals surface area (Å²) in [5.74, 6) is 0. The molecule has 24 heavy (non-hydrogen) atoms. The highest BCUT2D eigenvalue weighted by Crippen LogP contribution is 2.27. The third-order valence-corrected chi connectivity index (χ3v) is 5.05. The molecule has 3 heteroatoms. The van der Waals surface area contributed by atoms with E-state index >= 15 is 0 Å². The Bertz CT molecular complexity index is 631. The van der Waals surface area contributed by atoms with Crippen molar-refractivity contribution in [2.75, 3.05) is 26.2 Å². The number of piperazine rings is 1. The van der Waals surface area contributed by atoms with E-state index in [1.54, 1.807) is 0 Å². The average Bonchev–Trinajstić information content (AvgIpc) is 2.59. The predicted octanol–water partition coefficient (Wildman–Crippen LogP) is 3.20. The summed E-state index contributed by atoms with van der Waals surface area (Å²) in [7, 11) is 0. The lowest BCUT2D eigenvalue weighted by Crippen LogP contribution is -2.50. The summed E-state index contributed by atoms with van der Waals surface area (Å²) in [6.07, 6.45) is 0. The molecule has 3 rings (SSSR count). The first-order chi connectivity index (χ1) is 11.6. The molecule has 1 aliphatic rings. The van der Waals surface area contributed by atoms with Crippen LogP contribution in [0.15, 0.2) is 54.6 Å². The largest absolute Gasteiger partial charge is 0.326 e. The Morgan fingerprint density at radius 3 is 2.17 bits per heavy atom. The van der Waals surface area contributed by atoms with Crippen molar-refractivity contribution in [1.29, 1.82) is 0 Å². The van der Waals surface area contributed by atoms with Crippen LogP contribution < -0.4 is 5.73 Å². The number of nitrogens with zero attached hydrogens (tertiary/aromatic N) is 2. The van der Waals surface area contributed by atoms with Crippen molar-refractivity contribution in [3.05, 3.63) is 71.3 Å². The normalized spacial score (nSPS) is 19.1. The highest BCUT2D eigenvalue weighted by atomic mass is 15.3. The van der Waals surface area contributed by atoms with Gasteiger partial charge in [0.25, 0.3) is 0 Å². The van der Waals surface area contributed by atoms with Crippen LogP contribution in [0.1, 0.15) is 29.7 Å². The molecule has 128 valence electrons. The molecule has 2 N–H and O–H groups in total. The monoisotopic (exact) mass is 323 g/mol. The van der Waals surface area contributed by atoms with Crippen molar-refractivity contribution in [1.82, 2.24) is 9.80 Å². The smallest absolute Gasteiger partial charge is 0.0500 e. The van der Waals surface area contributed by atoms with Gasteiger partial charge in [-0.15, -0.1) is 0 Å². The summed E-state index contributed by atoms with van der Waals surface area (Å²) in [5.41, 5.74) is 10.5. The number of hydrogen-bond acceptors (Lipinski definition) is 3. The number of aryl methyl sites for hydroxylation is 1. The van der Waals surface area contributed by atoms with Gasteiger partial charge in [-0.1, -0.05) is 54.6 Å². The van der Waals surface area contributed by atoms with Crippen LogP contribution in [0.3, 0.4) is 0 Å². The van der Waals surface area contributed by atoms with Crippen molar-refractivity contribution in [2.45, 2.75) is 32.5 Å². The SMILES string of the molecule is Cc1ccccc1C(C(C)N)N1CCN(Cc2ccccc2)CC1. The van der Waals surface area contributed by atoms with E-state index in [4.69, 9.17) is 5.73 Å². The molecule has 1 fully saturated rings. The molecule has 0 amide bonds. The zero-order valence-corrected chi connectivity index (χ0v) is 14.9. The van der Waals surface area contributed by atoms with E-state index in [1.165, 1.54) is 16.7 Å². The van der Waals surface area contributed by atoms with Crippen molar-refractivity contribution in [2.24, 2.45) is 5.73 Å². The maximum Gasteiger partial charge on any atom is 0.0500 e. The summed E-state index contributed by atoms with van der Waals surface area (Å²) in [6, 6.07) is 19.9. The van der Waals surface area contributed by atoms with Crippen LogP contribution in [0.25, 0.3) is 0 Å². The third kappa shape index (κ3) is 4.04. The highest BCUT2D eigenvalue weighted by Gasteiger charge is 2.28. The molecule has 0 aromatic heterocycles. The van der Waals surface area contributed by atoms with Gasteiger partial charge in [-0.2, -0.15) is 0 Å². The summed E-state index contributed by atoms with van der Waals surface area (Å²) in [4.78, 5) is 5.11. The summed E-state index contributed by atoms with van der Waals surface area (Å²) < 4.78 is 0. The Kier molecular flexibility index (Phi) is 5.67. The standard InChI is InChI=1S/C21H29N3/c1-17-8-6-7-11-20(17)21(18(2)22)24-14-12-23(13-15-24)16-19-9-4-3-5-10-19/h3-11,18,21H,12-16,22H2,1-2H3. The second-order valence-electron chi connectivity index (χ2n) is 6.96. The number of nitrogens with two attached hydrogens (primary N) is 1. The van der Waals surface area contributed by atoms with Crippen LogP contribution in [0, 0.1) is 6.92 Å². The molecule has 0 spiro atoms. The molecule has 2 aromatic rings. The van der Waals surface area contributed by atoms with Crippen LogP contribution in [0.4, 0.5) is 0 Å². The lowest BCUT2D eigenvalue weighted by molar-refractivity contribution is 0.0826. The Labute approximate surface area is 146 Å². The van der Waals surface area contributed by atoms with Crippen LogP contribution in [0.2, 0.25) is 0 Å². The van der Waals surface area contributed by atoms with Gasteiger partial charge in [0.05, 0.1) is 0 Å². The van der Waals surface area contributed by atoms with Crippen LogP contribution in [-0.4, -0.2) is 42.0 Å². The quantitative estimate of drug-likeness (QED) is 0.917. The second-order valence-corrected chi connectivity index (χ2v) is 6.96. The maximum absolute atomic E-state index is 6.37. The van der Waals surface area contributed by atoms with Crippen LogP contribution in [-0.2, 0) is 6.54 Å². The van der Waals surface area contributed by atoms with Crippen LogP contribution >= 0.6 is 0 Å². The third-order valence-electron chi connectivity index (χ3n) is 5.05. The minimum atomic E-state index is 0.131. The zero-order valence-electron chi connectivity index (χ0n) is 14.9. The molecule has 0 aliphatic carbocycles. The van der Waals surface area contributed by atoms with Gasteiger partial charge in [-0.3, -0.25) is 9.80 Å². The zero-order chi connectivity index (χ0) is 16.9. The van der Waals surface area contributed by atoms with Crippen molar-refractivity contribution >= 4 is 0 Å². The number of rotatable bonds is 5. The fraction of sp³-hybridized carbons (Fsp3) is 0.429. The van der Waals surface area contributed by atoms with E-state index < -0.39 is 0 Å². The van der Waals surface area contributed by atoms with E-state index in [9.17, 15) is 0 Å². The van der Waals surface area contributed by atoms with Crippen molar-refractivity contribution in [3.8, 4) is 0 Å². The molecule has 2 atom stereocenters. The lowest BCUT2D eigenvalue weighted by atomic mass is 9.94. The number of hydrogen-bond donors (Lipinski definition) is 1. The van der Waals surface area contributed by atoms with E-state index in [2.05, 4.69) is 78.2 Å². The van der Waals surface area contributed by atoms with Crippen LogP contribution in [0.5, 0.6) is 0 Å². The van der Waals surface area contributed by atoms with Gasteiger partial charge in [0, 0.05) is 44.8 Å². The Morgan fingerprint density at radius 2 is 1.54 bits per heavy atom. The van der Waals surface area contributed by atoms with Gasteiger partial charge in [0.2, 0.25) is 0 Å². The second kappa shape index (κ2) is 7.93. The van der Waals surface area contributed by atoms with E-state index in [0.29, 0.717) is 6.04 Å². The first-order valence-electron chi connectivity index (χ1n) is 8.96. The van der Waals surface area contributed by atoms with Gasteiger partial charge in [-0.05, 0) is 30.5 Å². The van der Waals surface area contributed by atoms with Gasteiger partial charge in [0.15, 0.2) is 0 Å². The van der Waals surface area contributed by atoms with Gasteiger partial charge in [-0.25, -0.2) is 0 Å². The summed E-state index contributed by atoms with van der Waals surface area (Å²) in [6.45, 7) is 9.72. The molecule has 0 radical (unpaired) electrons. The molecule has 1 heterocycles. The topological polar surface area (TPSA) is 32.5 Å². The minimum absolute atomic E-state index is 0.131. The van der Waals surface area contributed by atoms with E-state index in [1.807, 2.05) is 0 Å². The molecule has 0 saturated carbocycles. The molecule has 1 saturated heterocycles. The summed E-state index contributed by atoms with van der Waals surface area (Å²) >= 11 is 0. The van der Waals surface area contributed by atoms with E-state index in [-0.39, 0.29) is 6.04 Å². The average molecular weight is 323 g/mol. The molecule has 3 nitrogen and oxygen atoms in total. The predicted molar refractivity (Wildman–Crippen MR) is 101 cm³/mol. The molecular weight excluding hydrogens is 294 g/mol. The molecular formula is C21H29N3. The summed E-state index contributed by atoms with van der Waals surface area (Å²) in [5, 5.41) is 0. The minimum Gasteiger partial charge on any atom is -0.326 e. The lowest BCUT2D eigenvalue weighted by Gasteiger charge is -2.41. The fourth-order valence-electron chi connectivity index (χ4n) is 3.77. The first kappa shape index (κ1) is 17.2. The molecule has 2 unspecified atom stereocenters. The molecule has 0 bridgehead atoms. The first-order valence-corrected chi connectivity index (χ1v) is 8.96. The van der Waals surface area contributed by atoms with Gasteiger partial charge >= 0.3 is 0 Å². The van der Waals surface area contributed by atoms with Crippen molar-refractivity contribution in [3.63, 3.8) is 0 Å². The van der Waals surface area contributed by atoms with Gasteiger partial charge < -0.3 is 5.73 Å². The Morgan fingerprint density at radius 1 is 0.917 bits per heavy atom. The molecule has 2 aromatic carbocycles. The molecule has 1 aliphatic heterocycles.